The first-order chi connectivity index (χ1) is 9.93. The van der Waals surface area contributed by atoms with Crippen molar-refractivity contribution in [2.45, 2.75) is 24.5 Å². The molecule has 10 heteroatoms. The van der Waals surface area contributed by atoms with Crippen molar-refractivity contribution in [3.63, 3.8) is 0 Å². The van der Waals surface area contributed by atoms with E-state index in [1.807, 2.05) is 4.98 Å². The zero-order chi connectivity index (χ0) is 15.3. The van der Waals surface area contributed by atoms with Crippen LogP contribution in [0.4, 0.5) is 8.78 Å². The van der Waals surface area contributed by atoms with Crippen LogP contribution in [0.3, 0.4) is 0 Å². The molecule has 0 saturated carbocycles. The van der Waals surface area contributed by atoms with Gasteiger partial charge in [0.15, 0.2) is 12.0 Å². The molecule has 0 spiro atoms. The van der Waals surface area contributed by atoms with Crippen LogP contribution in [0, 0.1) is 11.8 Å². The molecule has 3 rings (SSSR count). The van der Waals surface area contributed by atoms with Gasteiger partial charge < -0.3 is 25.0 Å². The van der Waals surface area contributed by atoms with E-state index < -0.39 is 48.6 Å². The Bertz CT molecular complexity index is 745. The van der Waals surface area contributed by atoms with Crippen molar-refractivity contribution < 1.29 is 28.8 Å². The number of fused-ring (bicyclic) bond motifs is 1. The molecule has 0 bridgehead atoms. The third kappa shape index (κ3) is 2.03. The Morgan fingerprint density at radius 3 is 2.71 bits per heavy atom. The molecule has 1 unspecified atom stereocenters. The molecule has 21 heavy (non-hydrogen) atoms. The van der Waals surface area contributed by atoms with Gasteiger partial charge in [0.2, 0.25) is 5.95 Å². The van der Waals surface area contributed by atoms with Crippen LogP contribution in [-0.4, -0.2) is 54.8 Å². The van der Waals surface area contributed by atoms with E-state index in [-0.39, 0.29) is 11.0 Å². The summed E-state index contributed by atoms with van der Waals surface area (Å²) in [5, 5.41) is 28.2. The number of rotatable bonds is 2. The van der Waals surface area contributed by atoms with E-state index >= 15 is 0 Å². The van der Waals surface area contributed by atoms with E-state index in [0.717, 1.165) is 10.8 Å². The summed E-state index contributed by atoms with van der Waals surface area (Å²) in [6.45, 7) is -0.577. The Hall–Kier alpha value is -1.88. The second kappa shape index (κ2) is 4.84. The van der Waals surface area contributed by atoms with Gasteiger partial charge in [0, 0.05) is 6.20 Å². The second-order valence-electron chi connectivity index (χ2n) is 4.67. The van der Waals surface area contributed by atoms with Gasteiger partial charge >= 0.3 is 5.69 Å². The maximum Gasteiger partial charge on any atom is 0.351 e. The number of aromatic amines is 1. The molecule has 1 aliphatic rings. The molecule has 4 N–H and O–H groups in total. The van der Waals surface area contributed by atoms with Gasteiger partial charge in [-0.15, -0.1) is 0 Å². The molecule has 8 nitrogen and oxygen atoms in total. The van der Waals surface area contributed by atoms with Gasteiger partial charge in [-0.3, -0.25) is 4.57 Å². The van der Waals surface area contributed by atoms with E-state index in [4.69, 9.17) is 9.84 Å². The average Bonchev–Trinajstić information content (AvgIpc) is 2.88. The van der Waals surface area contributed by atoms with Gasteiger partial charge in [-0.05, 0) is 0 Å². The van der Waals surface area contributed by atoms with Gasteiger partial charge in [-0.2, -0.15) is 9.37 Å². The van der Waals surface area contributed by atoms with Crippen LogP contribution in [0.2, 0.25) is 0 Å². The van der Waals surface area contributed by atoms with Crippen molar-refractivity contribution >= 4 is 11.0 Å². The fraction of sp³-hybridized carbons (Fsp3) is 0.455. The van der Waals surface area contributed by atoms with Crippen LogP contribution in [0.15, 0.2) is 11.0 Å². The van der Waals surface area contributed by atoms with E-state index in [0.29, 0.717) is 0 Å². The summed E-state index contributed by atoms with van der Waals surface area (Å²) >= 11 is 0. The molecule has 1 saturated heterocycles. The summed E-state index contributed by atoms with van der Waals surface area (Å²) in [5.74, 6) is -2.49. The lowest BCUT2D eigenvalue weighted by Gasteiger charge is -2.16. The van der Waals surface area contributed by atoms with Crippen LogP contribution in [0.5, 0.6) is 0 Å². The first-order valence-corrected chi connectivity index (χ1v) is 6.02. The minimum atomic E-state index is -1.52. The maximum absolute atomic E-state index is 13.5. The van der Waals surface area contributed by atoms with Crippen LogP contribution in [0.25, 0.3) is 11.0 Å². The molecule has 2 aromatic heterocycles. The normalized spacial score (nSPS) is 29.4. The lowest BCUT2D eigenvalue weighted by Crippen LogP contribution is -2.35. The molecular weight excluding hydrogens is 292 g/mol. The fourth-order valence-corrected chi connectivity index (χ4v) is 2.29. The summed E-state index contributed by atoms with van der Waals surface area (Å²) in [5.41, 5.74) is -1.21. The highest BCUT2D eigenvalue weighted by atomic mass is 19.2. The molecule has 0 aliphatic carbocycles. The van der Waals surface area contributed by atoms with Crippen molar-refractivity contribution in [1.29, 1.82) is 0 Å². The molecule has 0 aromatic carbocycles. The van der Waals surface area contributed by atoms with Crippen molar-refractivity contribution in [3.05, 3.63) is 28.4 Å². The summed E-state index contributed by atoms with van der Waals surface area (Å²) in [7, 11) is 0. The Morgan fingerprint density at radius 2 is 2.10 bits per heavy atom. The summed E-state index contributed by atoms with van der Waals surface area (Å²) in [6, 6.07) is 0. The summed E-state index contributed by atoms with van der Waals surface area (Å²) in [6.07, 6.45) is -4.47. The van der Waals surface area contributed by atoms with E-state index in [1.165, 1.54) is 0 Å². The van der Waals surface area contributed by atoms with Crippen LogP contribution >= 0.6 is 0 Å². The monoisotopic (exact) mass is 303 g/mol. The van der Waals surface area contributed by atoms with Crippen molar-refractivity contribution in [1.82, 2.24) is 14.5 Å². The molecule has 1 aliphatic heterocycles. The number of aliphatic hydroxyl groups excluding tert-OH is 3. The van der Waals surface area contributed by atoms with Gasteiger partial charge in [-0.25, -0.2) is 9.18 Å². The highest BCUT2D eigenvalue weighted by molar-refractivity contribution is 5.75. The lowest BCUT2D eigenvalue weighted by molar-refractivity contribution is -0.0547. The number of hydrogen-bond donors (Lipinski definition) is 4. The zero-order valence-electron chi connectivity index (χ0n) is 10.4. The van der Waals surface area contributed by atoms with Gasteiger partial charge in [0.05, 0.1) is 12.0 Å². The van der Waals surface area contributed by atoms with Crippen LogP contribution in [0.1, 0.15) is 6.23 Å². The molecule has 0 amide bonds. The molecule has 2 aromatic rings. The zero-order valence-corrected chi connectivity index (χ0v) is 10.4. The minimum absolute atomic E-state index is 0.280. The van der Waals surface area contributed by atoms with Gasteiger partial charge in [0.1, 0.15) is 24.0 Å². The Morgan fingerprint density at radius 1 is 1.38 bits per heavy atom. The number of H-pyrrole nitrogens is 1. The van der Waals surface area contributed by atoms with E-state index in [2.05, 4.69) is 4.98 Å². The van der Waals surface area contributed by atoms with Crippen molar-refractivity contribution in [2.24, 2.45) is 0 Å². The quantitative estimate of drug-likeness (QED) is 0.542. The smallest absolute Gasteiger partial charge is 0.351 e. The standard InChI is InChI=1S/C11H11F2N3O5/c12-5-3-1-16(11(20)15-9(3)14-8(5)13)10-7(19)6(18)4(2-17)21-10/h1,4,6-7,10,17-19H,2H2,(H,14,15,20)/t4-,6?,7+,10-/m1/s1. The third-order valence-electron chi connectivity index (χ3n) is 3.40. The lowest BCUT2D eigenvalue weighted by atomic mass is 10.1. The molecule has 4 atom stereocenters. The van der Waals surface area contributed by atoms with Crippen molar-refractivity contribution in [3.8, 4) is 0 Å². The molecular formula is C11H11F2N3O5. The average molecular weight is 303 g/mol. The van der Waals surface area contributed by atoms with E-state index in [1.54, 1.807) is 0 Å². The number of aromatic nitrogens is 3. The summed E-state index contributed by atoms with van der Waals surface area (Å²) in [4.78, 5) is 17.3. The Kier molecular flexibility index (Phi) is 3.24. The largest absolute Gasteiger partial charge is 0.394 e. The number of hydrogen-bond acceptors (Lipinski definition) is 6. The number of nitrogens with zero attached hydrogens (tertiary/aromatic N) is 2. The topological polar surface area (TPSA) is 121 Å². The first-order valence-electron chi connectivity index (χ1n) is 6.02. The number of halogens is 2. The van der Waals surface area contributed by atoms with Gasteiger partial charge in [-0.1, -0.05) is 0 Å². The fourth-order valence-electron chi connectivity index (χ4n) is 2.29. The molecule has 114 valence electrons. The molecule has 1 fully saturated rings. The predicted molar refractivity (Wildman–Crippen MR) is 63.3 cm³/mol. The second-order valence-corrected chi connectivity index (χ2v) is 4.67. The summed E-state index contributed by atoms with van der Waals surface area (Å²) < 4.78 is 32.5. The molecule has 0 radical (unpaired) electrons. The first kappa shape index (κ1) is 14.1. The van der Waals surface area contributed by atoms with E-state index in [9.17, 15) is 23.8 Å². The Balaban J connectivity index is 2.10. The van der Waals surface area contributed by atoms with Gasteiger partial charge in [0.25, 0.3) is 0 Å². The minimum Gasteiger partial charge on any atom is -0.394 e. The van der Waals surface area contributed by atoms with Crippen molar-refractivity contribution in [2.75, 3.05) is 6.61 Å². The highest BCUT2D eigenvalue weighted by Crippen LogP contribution is 2.29. The number of nitrogens with one attached hydrogen (secondary N) is 1. The Labute approximate surface area is 115 Å². The number of aliphatic hydroxyl groups is 3. The third-order valence-corrected chi connectivity index (χ3v) is 3.40. The molecule has 3 heterocycles. The predicted octanol–water partition coefficient (Wildman–Crippen LogP) is -1.39. The maximum atomic E-state index is 13.5. The SMILES string of the molecule is O=c1nc2[nH]c(F)c(F)c2cn1[C@@H]1O[C@H](CO)C(O)[C@@H]1O. The van der Waals surface area contributed by atoms with Crippen LogP contribution in [-0.2, 0) is 4.74 Å². The highest BCUT2D eigenvalue weighted by Gasteiger charge is 2.44. The van der Waals surface area contributed by atoms with Crippen LogP contribution < -0.4 is 5.69 Å². The number of ether oxygens (including phenoxy) is 1.